The maximum atomic E-state index is 4.58. The number of aromatic nitrogens is 2. The zero-order valence-electron chi connectivity index (χ0n) is 12.0. The van der Waals surface area contributed by atoms with Gasteiger partial charge in [0.25, 0.3) is 0 Å². The second kappa shape index (κ2) is 5.74. The molecule has 1 N–H and O–H groups in total. The van der Waals surface area contributed by atoms with Crippen LogP contribution in [0.25, 0.3) is 5.69 Å². The Kier molecular flexibility index (Phi) is 3.80. The maximum absolute atomic E-state index is 4.58. The number of hydrogen-bond donors (Lipinski definition) is 1. The number of rotatable bonds is 3. The van der Waals surface area contributed by atoms with E-state index in [2.05, 4.69) is 55.9 Å². The van der Waals surface area contributed by atoms with E-state index in [9.17, 15) is 0 Å². The van der Waals surface area contributed by atoms with Crippen molar-refractivity contribution < 1.29 is 0 Å². The molecule has 4 heteroatoms. The molecule has 0 bridgehead atoms. The van der Waals surface area contributed by atoms with Crippen LogP contribution in [0.3, 0.4) is 0 Å². The molecule has 0 radical (unpaired) electrons. The predicted molar refractivity (Wildman–Crippen MR) is 90.5 cm³/mol. The van der Waals surface area contributed by atoms with Gasteiger partial charge in [-0.2, -0.15) is 0 Å². The summed E-state index contributed by atoms with van der Waals surface area (Å²) in [7, 11) is 0. The molecule has 3 aromatic rings. The van der Waals surface area contributed by atoms with Gasteiger partial charge in [-0.25, -0.2) is 4.98 Å². The minimum atomic E-state index is 0.816. The van der Waals surface area contributed by atoms with Crippen LogP contribution >= 0.6 is 15.9 Å². The SMILES string of the molecule is Cc1cc(Br)cc(-n2cc(C)nc2Nc2ccccc2)c1. The third kappa shape index (κ3) is 3.16. The first kappa shape index (κ1) is 13.9. The molecular weight excluding hydrogens is 326 g/mol. The van der Waals surface area contributed by atoms with E-state index >= 15 is 0 Å². The number of hydrogen-bond acceptors (Lipinski definition) is 2. The summed E-state index contributed by atoms with van der Waals surface area (Å²) >= 11 is 3.55. The Morgan fingerprint density at radius 1 is 1.05 bits per heavy atom. The Hall–Kier alpha value is -2.07. The highest BCUT2D eigenvalue weighted by molar-refractivity contribution is 9.10. The van der Waals surface area contributed by atoms with E-state index in [-0.39, 0.29) is 0 Å². The number of anilines is 2. The van der Waals surface area contributed by atoms with Crippen LogP contribution in [-0.2, 0) is 0 Å². The van der Waals surface area contributed by atoms with Crippen LogP contribution in [0, 0.1) is 13.8 Å². The molecular formula is C17H16BrN3. The number of para-hydroxylation sites is 1. The summed E-state index contributed by atoms with van der Waals surface area (Å²) in [6.45, 7) is 4.08. The molecule has 0 atom stereocenters. The molecule has 2 aromatic carbocycles. The Bertz CT molecular complexity index is 743. The average Bonchev–Trinajstić information content (AvgIpc) is 2.80. The lowest BCUT2D eigenvalue weighted by Crippen LogP contribution is -2.01. The monoisotopic (exact) mass is 341 g/mol. The molecule has 1 heterocycles. The van der Waals surface area contributed by atoms with Crippen molar-refractivity contribution in [1.82, 2.24) is 9.55 Å². The molecule has 0 saturated carbocycles. The maximum Gasteiger partial charge on any atom is 0.212 e. The molecule has 0 unspecified atom stereocenters. The summed E-state index contributed by atoms with van der Waals surface area (Å²) in [6, 6.07) is 16.4. The van der Waals surface area contributed by atoms with E-state index in [0.29, 0.717) is 0 Å². The zero-order valence-corrected chi connectivity index (χ0v) is 13.6. The van der Waals surface area contributed by atoms with Gasteiger partial charge >= 0.3 is 0 Å². The van der Waals surface area contributed by atoms with Crippen molar-refractivity contribution in [1.29, 1.82) is 0 Å². The van der Waals surface area contributed by atoms with Crippen LogP contribution in [-0.4, -0.2) is 9.55 Å². The molecule has 106 valence electrons. The topological polar surface area (TPSA) is 29.9 Å². The van der Waals surface area contributed by atoms with E-state index in [4.69, 9.17) is 0 Å². The minimum Gasteiger partial charge on any atom is -0.325 e. The zero-order chi connectivity index (χ0) is 14.8. The van der Waals surface area contributed by atoms with Crippen molar-refractivity contribution in [3.8, 4) is 5.69 Å². The summed E-state index contributed by atoms with van der Waals surface area (Å²) < 4.78 is 3.13. The Labute approximate surface area is 132 Å². The summed E-state index contributed by atoms with van der Waals surface area (Å²) in [6.07, 6.45) is 2.03. The largest absolute Gasteiger partial charge is 0.325 e. The fraction of sp³-hybridized carbons (Fsp3) is 0.118. The van der Waals surface area contributed by atoms with E-state index < -0.39 is 0 Å². The Morgan fingerprint density at radius 2 is 1.81 bits per heavy atom. The van der Waals surface area contributed by atoms with E-state index in [1.165, 1.54) is 5.56 Å². The van der Waals surface area contributed by atoms with Crippen LogP contribution < -0.4 is 5.32 Å². The first-order valence-corrected chi connectivity index (χ1v) is 7.57. The third-order valence-corrected chi connectivity index (χ3v) is 3.62. The van der Waals surface area contributed by atoms with Crippen molar-refractivity contribution in [3.63, 3.8) is 0 Å². The molecule has 21 heavy (non-hydrogen) atoms. The van der Waals surface area contributed by atoms with E-state index in [1.807, 2.05) is 43.5 Å². The first-order valence-electron chi connectivity index (χ1n) is 6.77. The van der Waals surface area contributed by atoms with Gasteiger partial charge in [-0.05, 0) is 49.7 Å². The lowest BCUT2D eigenvalue weighted by molar-refractivity contribution is 1.06. The molecule has 0 fully saturated rings. The smallest absolute Gasteiger partial charge is 0.212 e. The van der Waals surface area contributed by atoms with Gasteiger partial charge in [0.05, 0.1) is 5.69 Å². The third-order valence-electron chi connectivity index (χ3n) is 3.16. The summed E-state index contributed by atoms with van der Waals surface area (Å²) in [5.41, 5.74) is 4.29. The molecule has 0 amide bonds. The van der Waals surface area contributed by atoms with Gasteiger partial charge in [0, 0.05) is 22.0 Å². The molecule has 0 saturated heterocycles. The van der Waals surface area contributed by atoms with Crippen LogP contribution in [0.5, 0.6) is 0 Å². The van der Waals surface area contributed by atoms with Crippen molar-refractivity contribution >= 4 is 27.6 Å². The van der Waals surface area contributed by atoms with Gasteiger partial charge in [0.15, 0.2) is 0 Å². The Balaban J connectivity index is 2.03. The van der Waals surface area contributed by atoms with E-state index in [1.54, 1.807) is 0 Å². The quantitative estimate of drug-likeness (QED) is 0.726. The van der Waals surface area contributed by atoms with Gasteiger partial charge in [-0.3, -0.25) is 4.57 Å². The molecule has 1 aromatic heterocycles. The number of halogens is 1. The fourth-order valence-corrected chi connectivity index (χ4v) is 2.89. The van der Waals surface area contributed by atoms with Crippen molar-refractivity contribution in [2.24, 2.45) is 0 Å². The predicted octanol–water partition coefficient (Wildman–Crippen LogP) is 5.00. The highest BCUT2D eigenvalue weighted by Crippen LogP contribution is 2.24. The lowest BCUT2D eigenvalue weighted by Gasteiger charge is -2.11. The molecule has 3 nitrogen and oxygen atoms in total. The number of benzene rings is 2. The molecule has 0 spiro atoms. The van der Waals surface area contributed by atoms with Gasteiger partial charge < -0.3 is 5.32 Å². The lowest BCUT2D eigenvalue weighted by atomic mass is 10.2. The van der Waals surface area contributed by atoms with Crippen molar-refractivity contribution in [2.45, 2.75) is 13.8 Å². The summed E-state index contributed by atoms with van der Waals surface area (Å²) in [4.78, 5) is 4.58. The van der Waals surface area contributed by atoms with Gasteiger partial charge in [0.1, 0.15) is 0 Å². The van der Waals surface area contributed by atoms with Crippen LogP contribution in [0.1, 0.15) is 11.3 Å². The number of nitrogens with one attached hydrogen (secondary N) is 1. The summed E-state index contributed by atoms with van der Waals surface area (Å²) in [5, 5.41) is 3.37. The van der Waals surface area contributed by atoms with Gasteiger partial charge in [0.2, 0.25) is 5.95 Å². The fourth-order valence-electron chi connectivity index (χ4n) is 2.29. The number of imidazole rings is 1. The minimum absolute atomic E-state index is 0.816. The van der Waals surface area contributed by atoms with Crippen LogP contribution in [0.2, 0.25) is 0 Å². The second-order valence-corrected chi connectivity index (χ2v) is 5.97. The van der Waals surface area contributed by atoms with E-state index in [0.717, 1.165) is 27.5 Å². The average molecular weight is 342 g/mol. The molecule has 0 aliphatic carbocycles. The molecule has 0 aliphatic heterocycles. The highest BCUT2D eigenvalue weighted by Gasteiger charge is 2.09. The second-order valence-electron chi connectivity index (χ2n) is 5.05. The Morgan fingerprint density at radius 3 is 2.52 bits per heavy atom. The molecule has 3 rings (SSSR count). The van der Waals surface area contributed by atoms with Crippen LogP contribution in [0.4, 0.5) is 11.6 Å². The van der Waals surface area contributed by atoms with Gasteiger partial charge in [-0.15, -0.1) is 0 Å². The van der Waals surface area contributed by atoms with Gasteiger partial charge in [-0.1, -0.05) is 34.1 Å². The van der Waals surface area contributed by atoms with Crippen molar-refractivity contribution in [2.75, 3.05) is 5.32 Å². The molecule has 0 aliphatic rings. The number of aryl methyl sites for hydroxylation is 2. The standard InChI is InChI=1S/C17H16BrN3/c1-12-8-14(18)10-16(9-12)21-11-13(2)19-17(21)20-15-6-4-3-5-7-15/h3-11H,1-2H3,(H,19,20). The normalized spacial score (nSPS) is 10.6. The highest BCUT2D eigenvalue weighted by atomic mass is 79.9. The van der Waals surface area contributed by atoms with Crippen molar-refractivity contribution in [3.05, 3.63) is 70.5 Å². The number of nitrogens with zero attached hydrogens (tertiary/aromatic N) is 2. The van der Waals surface area contributed by atoms with Crippen LogP contribution in [0.15, 0.2) is 59.2 Å². The summed E-state index contributed by atoms with van der Waals surface area (Å²) in [5.74, 6) is 0.816. The first-order chi connectivity index (χ1) is 10.1.